The zero-order chi connectivity index (χ0) is 10.8. The molecule has 0 N–H and O–H groups in total. The van der Waals surface area contributed by atoms with Crippen molar-refractivity contribution in [2.75, 3.05) is 0 Å². The van der Waals surface area contributed by atoms with Crippen LogP contribution in [-0.4, -0.2) is 19.5 Å². The van der Waals surface area contributed by atoms with Crippen molar-refractivity contribution in [3.05, 3.63) is 30.7 Å². The molecule has 0 aliphatic rings. The topological polar surface area (TPSA) is 43.6 Å². The van der Waals surface area contributed by atoms with Crippen molar-refractivity contribution in [1.82, 2.24) is 19.5 Å². The van der Waals surface area contributed by atoms with Crippen LogP contribution in [0.3, 0.4) is 0 Å². The van der Waals surface area contributed by atoms with Gasteiger partial charge in [-0.2, -0.15) is 0 Å². The molecule has 0 amide bonds. The number of aromatic nitrogens is 4. The van der Waals surface area contributed by atoms with Crippen LogP contribution >= 0.6 is 0 Å². The number of alkyl halides is 2. The lowest BCUT2D eigenvalue weighted by Crippen LogP contribution is -2.00. The molecule has 0 fully saturated rings. The highest BCUT2D eigenvalue weighted by Gasteiger charge is 2.16. The molecule has 0 atom stereocenters. The highest BCUT2D eigenvalue weighted by molar-refractivity contribution is 5.56. The molecule has 78 valence electrons. The first-order valence-corrected chi connectivity index (χ1v) is 4.25. The van der Waals surface area contributed by atoms with E-state index >= 15 is 0 Å². The maximum Gasteiger partial charge on any atom is 0.295 e. The molecule has 2 aromatic rings. The Hall–Kier alpha value is -1.85. The zero-order valence-electron chi connectivity index (χ0n) is 7.93. The summed E-state index contributed by atoms with van der Waals surface area (Å²) in [6, 6.07) is 0. The highest BCUT2D eigenvalue weighted by Crippen LogP contribution is 2.23. The fraction of sp³-hybridized carbons (Fsp3) is 0.222. The molecule has 2 aromatic heterocycles. The third-order valence-electron chi connectivity index (χ3n) is 2.08. The average molecular weight is 210 g/mol. The van der Waals surface area contributed by atoms with Gasteiger partial charge in [0.25, 0.3) is 6.43 Å². The molecule has 0 aliphatic heterocycles. The van der Waals surface area contributed by atoms with Crippen LogP contribution in [0.15, 0.2) is 24.9 Å². The molecule has 0 aliphatic carbocycles. The van der Waals surface area contributed by atoms with E-state index in [1.807, 2.05) is 0 Å². The van der Waals surface area contributed by atoms with Gasteiger partial charge in [-0.1, -0.05) is 0 Å². The molecular weight excluding hydrogens is 202 g/mol. The van der Waals surface area contributed by atoms with E-state index in [1.165, 1.54) is 24.1 Å². The van der Waals surface area contributed by atoms with Gasteiger partial charge in [0, 0.05) is 25.0 Å². The van der Waals surface area contributed by atoms with E-state index < -0.39 is 6.43 Å². The van der Waals surface area contributed by atoms with Crippen LogP contribution in [0.4, 0.5) is 8.78 Å². The first-order valence-electron chi connectivity index (χ1n) is 4.25. The average Bonchev–Trinajstić information content (AvgIpc) is 2.61. The normalized spacial score (nSPS) is 10.9. The molecule has 2 rings (SSSR count). The van der Waals surface area contributed by atoms with Crippen LogP contribution in [0.1, 0.15) is 12.2 Å². The number of imidazole rings is 1. The fourth-order valence-corrected chi connectivity index (χ4v) is 1.33. The lowest BCUT2D eigenvalue weighted by molar-refractivity contribution is 0.137. The van der Waals surface area contributed by atoms with Crippen LogP contribution in [0, 0.1) is 0 Å². The minimum absolute atomic E-state index is 0.256. The van der Waals surface area contributed by atoms with Gasteiger partial charge >= 0.3 is 0 Å². The fourth-order valence-electron chi connectivity index (χ4n) is 1.33. The monoisotopic (exact) mass is 210 g/mol. The van der Waals surface area contributed by atoms with Gasteiger partial charge in [0.1, 0.15) is 6.33 Å². The Kier molecular flexibility index (Phi) is 2.40. The highest BCUT2D eigenvalue weighted by atomic mass is 19.3. The molecule has 2 heterocycles. The molecule has 4 nitrogen and oxygen atoms in total. The number of halogens is 2. The Bertz CT molecular complexity index is 452. The van der Waals surface area contributed by atoms with Crippen molar-refractivity contribution in [3.63, 3.8) is 0 Å². The third-order valence-corrected chi connectivity index (χ3v) is 2.08. The molecule has 0 bridgehead atoms. The summed E-state index contributed by atoms with van der Waals surface area (Å²) in [5, 5.41) is 0. The van der Waals surface area contributed by atoms with E-state index in [-0.39, 0.29) is 5.82 Å². The van der Waals surface area contributed by atoms with Crippen molar-refractivity contribution in [1.29, 1.82) is 0 Å². The van der Waals surface area contributed by atoms with Crippen LogP contribution in [0.2, 0.25) is 0 Å². The van der Waals surface area contributed by atoms with Crippen molar-refractivity contribution in [2.45, 2.75) is 6.43 Å². The summed E-state index contributed by atoms with van der Waals surface area (Å²) >= 11 is 0. The number of nitrogens with zero attached hydrogens (tertiary/aromatic N) is 4. The minimum atomic E-state index is -2.58. The number of hydrogen-bond acceptors (Lipinski definition) is 3. The van der Waals surface area contributed by atoms with Gasteiger partial charge in [-0.3, -0.25) is 0 Å². The summed E-state index contributed by atoms with van der Waals surface area (Å²) in [7, 11) is 1.54. The van der Waals surface area contributed by atoms with Crippen LogP contribution in [-0.2, 0) is 7.05 Å². The third kappa shape index (κ3) is 1.70. The smallest absolute Gasteiger partial charge is 0.295 e. The molecular formula is C9H8F2N4. The Morgan fingerprint density at radius 3 is 2.40 bits per heavy atom. The second-order valence-corrected chi connectivity index (χ2v) is 2.99. The molecule has 0 saturated heterocycles. The van der Waals surface area contributed by atoms with Gasteiger partial charge in [-0.15, -0.1) is 0 Å². The van der Waals surface area contributed by atoms with Gasteiger partial charge in [0.2, 0.25) is 0 Å². The zero-order valence-corrected chi connectivity index (χ0v) is 7.93. The Labute approximate surface area is 84.6 Å². The lowest BCUT2D eigenvalue weighted by atomic mass is 10.2. The van der Waals surface area contributed by atoms with Gasteiger partial charge in [-0.05, 0) is 0 Å². The SMILES string of the molecule is Cn1c(-c2cncnc2)cnc1C(F)F. The number of rotatable bonds is 2. The largest absolute Gasteiger partial charge is 0.326 e. The quantitative estimate of drug-likeness (QED) is 0.759. The molecule has 6 heteroatoms. The second-order valence-electron chi connectivity index (χ2n) is 2.99. The summed E-state index contributed by atoms with van der Waals surface area (Å²) in [4.78, 5) is 11.3. The summed E-state index contributed by atoms with van der Waals surface area (Å²) < 4.78 is 26.2. The molecule has 0 spiro atoms. The Morgan fingerprint density at radius 1 is 1.20 bits per heavy atom. The first kappa shape index (κ1) is 9.70. The van der Waals surface area contributed by atoms with Crippen molar-refractivity contribution < 1.29 is 8.78 Å². The predicted octanol–water partition coefficient (Wildman–Crippen LogP) is 1.81. The van der Waals surface area contributed by atoms with Crippen LogP contribution < -0.4 is 0 Å². The molecule has 0 unspecified atom stereocenters. The summed E-state index contributed by atoms with van der Waals surface area (Å²) in [6.07, 6.45) is 3.31. The van der Waals surface area contributed by atoms with E-state index in [0.717, 1.165) is 0 Å². The van der Waals surface area contributed by atoms with Gasteiger partial charge < -0.3 is 4.57 Å². The molecule has 0 aromatic carbocycles. The van der Waals surface area contributed by atoms with Gasteiger partial charge in [-0.25, -0.2) is 23.7 Å². The Morgan fingerprint density at radius 2 is 1.87 bits per heavy atom. The summed E-state index contributed by atoms with van der Waals surface area (Å²) in [5.74, 6) is -0.256. The standard InChI is InChI=1S/C9H8F2N4/c1-15-7(4-14-9(15)8(10)11)6-2-12-5-13-3-6/h2-5,8H,1H3. The molecule has 0 saturated carbocycles. The van der Waals surface area contributed by atoms with E-state index in [2.05, 4.69) is 15.0 Å². The van der Waals surface area contributed by atoms with E-state index in [4.69, 9.17) is 0 Å². The minimum Gasteiger partial charge on any atom is -0.326 e. The summed E-state index contributed by atoms with van der Waals surface area (Å²) in [5.41, 5.74) is 1.24. The van der Waals surface area contributed by atoms with Crippen molar-refractivity contribution >= 4 is 0 Å². The van der Waals surface area contributed by atoms with Crippen molar-refractivity contribution in [2.24, 2.45) is 7.05 Å². The predicted molar refractivity (Wildman–Crippen MR) is 49.2 cm³/mol. The maximum atomic E-state index is 12.4. The van der Waals surface area contributed by atoms with Gasteiger partial charge in [0.15, 0.2) is 5.82 Å². The lowest BCUT2D eigenvalue weighted by Gasteiger charge is -2.04. The summed E-state index contributed by atoms with van der Waals surface area (Å²) in [6.45, 7) is 0. The van der Waals surface area contributed by atoms with E-state index in [1.54, 1.807) is 12.4 Å². The molecule has 15 heavy (non-hydrogen) atoms. The maximum absolute atomic E-state index is 12.4. The van der Waals surface area contributed by atoms with E-state index in [9.17, 15) is 8.78 Å². The van der Waals surface area contributed by atoms with Gasteiger partial charge in [0.05, 0.1) is 11.9 Å². The number of hydrogen-bond donors (Lipinski definition) is 0. The van der Waals surface area contributed by atoms with E-state index in [0.29, 0.717) is 11.3 Å². The Balaban J connectivity index is 2.47. The second kappa shape index (κ2) is 3.72. The van der Waals surface area contributed by atoms with Crippen molar-refractivity contribution in [3.8, 4) is 11.3 Å². The van der Waals surface area contributed by atoms with Crippen LogP contribution in [0.25, 0.3) is 11.3 Å². The molecule has 0 radical (unpaired) electrons. The van der Waals surface area contributed by atoms with Crippen LogP contribution in [0.5, 0.6) is 0 Å². The first-order chi connectivity index (χ1) is 7.20.